The molecule has 1 fully saturated rings. The van der Waals surface area contributed by atoms with Crippen molar-refractivity contribution in [3.8, 4) is 0 Å². The minimum Gasteiger partial charge on any atom is -0.366 e. The first kappa shape index (κ1) is 23.0. The molecule has 0 radical (unpaired) electrons. The second-order valence-corrected chi connectivity index (χ2v) is 5.77. The summed E-state index contributed by atoms with van der Waals surface area (Å²) < 4.78 is 13.8. The van der Waals surface area contributed by atoms with Crippen LogP contribution in [0.2, 0.25) is 0 Å². The summed E-state index contributed by atoms with van der Waals surface area (Å²) in [6.45, 7) is 3.47. The van der Waals surface area contributed by atoms with Gasteiger partial charge in [-0.1, -0.05) is 25.0 Å². The Labute approximate surface area is 156 Å². The van der Waals surface area contributed by atoms with Crippen LogP contribution in [0.5, 0.6) is 0 Å². The Morgan fingerprint density at radius 1 is 1.00 bits per heavy atom. The number of anilines is 1. The predicted octanol–water partition coefficient (Wildman–Crippen LogP) is 3.23. The van der Waals surface area contributed by atoms with Gasteiger partial charge in [-0.05, 0) is 31.5 Å². The lowest BCUT2D eigenvalue weighted by molar-refractivity contribution is -0.131. The fourth-order valence-electron chi connectivity index (χ4n) is 2.84. The van der Waals surface area contributed by atoms with Gasteiger partial charge in [0, 0.05) is 32.6 Å². The van der Waals surface area contributed by atoms with Crippen molar-refractivity contribution in [3.05, 3.63) is 30.1 Å². The Morgan fingerprint density at radius 2 is 1.62 bits per heavy atom. The average Bonchev–Trinajstić information content (AvgIpc) is 2.55. The van der Waals surface area contributed by atoms with Gasteiger partial charge in [0.1, 0.15) is 5.82 Å². The van der Waals surface area contributed by atoms with Crippen LogP contribution in [0, 0.1) is 5.82 Å². The van der Waals surface area contributed by atoms with Crippen molar-refractivity contribution in [3.63, 3.8) is 0 Å². The molecule has 1 aromatic rings. The molecule has 7 heteroatoms. The number of carbonyl (C=O) groups is 1. The summed E-state index contributed by atoms with van der Waals surface area (Å²) >= 11 is 0. The summed E-state index contributed by atoms with van der Waals surface area (Å²) in [5.41, 5.74) is 6.09. The van der Waals surface area contributed by atoms with E-state index >= 15 is 0 Å². The molecule has 2 rings (SSSR count). The number of nitrogens with two attached hydrogens (primary N) is 1. The summed E-state index contributed by atoms with van der Waals surface area (Å²) in [6.07, 6.45) is 4.76. The van der Waals surface area contributed by atoms with Crippen molar-refractivity contribution in [2.24, 2.45) is 5.73 Å². The first-order chi connectivity index (χ1) is 10.7. The van der Waals surface area contributed by atoms with Crippen LogP contribution >= 0.6 is 24.8 Å². The van der Waals surface area contributed by atoms with Gasteiger partial charge in [0.2, 0.25) is 5.91 Å². The van der Waals surface area contributed by atoms with Gasteiger partial charge in [0.15, 0.2) is 0 Å². The van der Waals surface area contributed by atoms with E-state index in [-0.39, 0.29) is 36.5 Å². The maximum Gasteiger partial charge on any atom is 0.222 e. The van der Waals surface area contributed by atoms with Gasteiger partial charge in [-0.15, -0.1) is 24.8 Å². The Balaban J connectivity index is 0.00000264. The zero-order valence-electron chi connectivity index (χ0n) is 14.0. The third kappa shape index (κ3) is 6.83. The molecule has 1 amide bonds. The summed E-state index contributed by atoms with van der Waals surface area (Å²) in [5.74, 6) is 0.0307. The highest BCUT2D eigenvalue weighted by Gasteiger charge is 2.22. The lowest BCUT2D eigenvalue weighted by Crippen LogP contribution is -2.49. The lowest BCUT2D eigenvalue weighted by atomic mass is 10.1. The zero-order valence-corrected chi connectivity index (χ0v) is 15.6. The Hall–Kier alpha value is -1.04. The predicted molar refractivity (Wildman–Crippen MR) is 102 cm³/mol. The number of halogens is 3. The number of para-hydroxylation sites is 1. The van der Waals surface area contributed by atoms with Gasteiger partial charge in [0.25, 0.3) is 0 Å². The van der Waals surface area contributed by atoms with Crippen LogP contribution in [0.3, 0.4) is 0 Å². The second-order valence-electron chi connectivity index (χ2n) is 5.77. The van der Waals surface area contributed by atoms with Crippen molar-refractivity contribution in [1.29, 1.82) is 0 Å². The number of hydrogen-bond donors (Lipinski definition) is 1. The topological polar surface area (TPSA) is 49.6 Å². The number of amides is 1. The molecular weight excluding hydrogens is 352 g/mol. The molecule has 24 heavy (non-hydrogen) atoms. The smallest absolute Gasteiger partial charge is 0.222 e. The van der Waals surface area contributed by atoms with Gasteiger partial charge in [0.05, 0.1) is 5.69 Å². The van der Waals surface area contributed by atoms with Gasteiger partial charge in [-0.2, -0.15) is 0 Å². The van der Waals surface area contributed by atoms with E-state index in [0.29, 0.717) is 38.3 Å². The van der Waals surface area contributed by atoms with E-state index in [1.807, 2.05) is 15.9 Å². The molecule has 1 heterocycles. The highest BCUT2D eigenvalue weighted by molar-refractivity contribution is 5.85. The molecule has 1 aliphatic rings. The summed E-state index contributed by atoms with van der Waals surface area (Å²) in [5, 5.41) is 0. The fraction of sp³-hybridized carbons (Fsp3) is 0.588. The lowest BCUT2D eigenvalue weighted by Gasteiger charge is -2.36. The van der Waals surface area contributed by atoms with E-state index in [4.69, 9.17) is 5.73 Å². The first-order valence-electron chi connectivity index (χ1n) is 8.19. The van der Waals surface area contributed by atoms with Crippen LogP contribution in [0.25, 0.3) is 0 Å². The normalized spacial score (nSPS) is 13.9. The maximum absolute atomic E-state index is 13.8. The molecule has 2 N–H and O–H groups in total. The third-order valence-corrected chi connectivity index (χ3v) is 4.17. The zero-order chi connectivity index (χ0) is 15.8. The number of unbranched alkanes of at least 4 members (excludes halogenated alkanes) is 3. The Morgan fingerprint density at radius 3 is 2.25 bits per heavy atom. The highest BCUT2D eigenvalue weighted by atomic mass is 35.5. The van der Waals surface area contributed by atoms with E-state index in [2.05, 4.69) is 0 Å². The van der Waals surface area contributed by atoms with Crippen molar-refractivity contribution in [2.75, 3.05) is 37.6 Å². The van der Waals surface area contributed by atoms with E-state index in [1.165, 1.54) is 6.07 Å². The van der Waals surface area contributed by atoms with Crippen LogP contribution < -0.4 is 10.6 Å². The maximum atomic E-state index is 13.8. The highest BCUT2D eigenvalue weighted by Crippen LogP contribution is 2.20. The van der Waals surface area contributed by atoms with Gasteiger partial charge in [-0.3, -0.25) is 4.79 Å². The van der Waals surface area contributed by atoms with Gasteiger partial charge >= 0.3 is 0 Å². The molecule has 138 valence electrons. The van der Waals surface area contributed by atoms with Gasteiger partial charge in [-0.25, -0.2) is 4.39 Å². The molecule has 1 aromatic carbocycles. The van der Waals surface area contributed by atoms with Crippen molar-refractivity contribution in [2.45, 2.75) is 32.1 Å². The van der Waals surface area contributed by atoms with Crippen LogP contribution in [-0.4, -0.2) is 43.5 Å². The molecule has 4 nitrogen and oxygen atoms in total. The number of nitrogens with zero attached hydrogens (tertiary/aromatic N) is 2. The molecule has 1 aliphatic heterocycles. The number of carbonyl (C=O) groups excluding carboxylic acids is 1. The molecule has 0 aromatic heterocycles. The average molecular weight is 380 g/mol. The van der Waals surface area contributed by atoms with E-state index in [1.54, 1.807) is 12.1 Å². The quantitative estimate of drug-likeness (QED) is 0.739. The number of piperazine rings is 1. The van der Waals surface area contributed by atoms with Crippen molar-refractivity contribution >= 4 is 36.4 Å². The molecule has 1 saturated heterocycles. The molecule has 0 saturated carbocycles. The third-order valence-electron chi connectivity index (χ3n) is 4.17. The minimum absolute atomic E-state index is 0. The van der Waals surface area contributed by atoms with Crippen LogP contribution in [0.15, 0.2) is 24.3 Å². The van der Waals surface area contributed by atoms with Gasteiger partial charge < -0.3 is 15.5 Å². The van der Waals surface area contributed by atoms with Crippen LogP contribution in [-0.2, 0) is 4.79 Å². The molecule has 0 bridgehead atoms. The standard InChI is InChI=1S/C17H26FN3O.2ClH/c18-15-7-4-5-8-16(15)20-11-13-21(14-12-20)17(22)9-3-1-2-6-10-19;;/h4-5,7-8H,1-3,6,9-14,19H2;2*1H. The number of hydrogen-bond acceptors (Lipinski definition) is 3. The molecule has 0 spiro atoms. The molecule has 0 atom stereocenters. The SMILES string of the molecule is Cl.Cl.NCCCCCCC(=O)N1CCN(c2ccccc2F)CC1. The van der Waals surface area contributed by atoms with Crippen molar-refractivity contribution in [1.82, 2.24) is 4.90 Å². The Kier molecular flexibility index (Phi) is 11.8. The van der Waals surface area contributed by atoms with Crippen LogP contribution in [0.1, 0.15) is 32.1 Å². The minimum atomic E-state index is -0.192. The largest absolute Gasteiger partial charge is 0.366 e. The summed E-state index contributed by atoms with van der Waals surface area (Å²) in [4.78, 5) is 16.1. The molecular formula is C17H28Cl2FN3O. The van der Waals surface area contributed by atoms with E-state index in [0.717, 1.165) is 32.2 Å². The monoisotopic (exact) mass is 379 g/mol. The molecule has 0 aliphatic carbocycles. The summed E-state index contributed by atoms with van der Waals surface area (Å²) in [7, 11) is 0. The first-order valence-corrected chi connectivity index (χ1v) is 8.19. The summed E-state index contributed by atoms with van der Waals surface area (Å²) in [6, 6.07) is 6.82. The number of benzene rings is 1. The second kappa shape index (κ2) is 12.3. The van der Waals surface area contributed by atoms with E-state index < -0.39 is 0 Å². The Bertz CT molecular complexity index is 483. The molecule has 0 unspecified atom stereocenters. The van der Waals surface area contributed by atoms with Crippen molar-refractivity contribution < 1.29 is 9.18 Å². The fourth-order valence-corrected chi connectivity index (χ4v) is 2.84. The number of rotatable bonds is 7. The van der Waals surface area contributed by atoms with Crippen LogP contribution in [0.4, 0.5) is 10.1 Å². The van der Waals surface area contributed by atoms with E-state index in [9.17, 15) is 9.18 Å².